The molecule has 1 aromatic heterocycles. The molecule has 1 aromatic rings. The van der Waals surface area contributed by atoms with Crippen molar-refractivity contribution in [3.8, 4) is 12.3 Å². The highest BCUT2D eigenvalue weighted by atomic mass is 35.5. The Balaban J connectivity index is 2.33. The van der Waals surface area contributed by atoms with Gasteiger partial charge in [0.2, 0.25) is 0 Å². The van der Waals surface area contributed by atoms with Crippen molar-refractivity contribution < 1.29 is 0 Å². The van der Waals surface area contributed by atoms with Crippen LogP contribution < -0.4 is 5.32 Å². The first kappa shape index (κ1) is 13.4. The first-order chi connectivity index (χ1) is 7.75. The van der Waals surface area contributed by atoms with Crippen molar-refractivity contribution in [3.63, 3.8) is 0 Å². The zero-order chi connectivity index (χ0) is 11.8. The molecule has 0 radical (unpaired) electrons. The summed E-state index contributed by atoms with van der Waals surface area (Å²) in [4.78, 5) is 4.05. The molecule has 0 spiro atoms. The van der Waals surface area contributed by atoms with Gasteiger partial charge in [-0.3, -0.25) is 0 Å². The summed E-state index contributed by atoms with van der Waals surface area (Å²) in [6.45, 7) is 2.99. The van der Waals surface area contributed by atoms with Crippen molar-refractivity contribution in [2.45, 2.75) is 13.0 Å². The fourth-order valence-corrected chi connectivity index (χ4v) is 2.12. The number of thioether (sulfide) groups is 1. The van der Waals surface area contributed by atoms with Gasteiger partial charge in [0.05, 0.1) is 5.75 Å². The van der Waals surface area contributed by atoms with Crippen molar-refractivity contribution in [3.05, 3.63) is 29.0 Å². The Morgan fingerprint density at radius 2 is 2.50 bits per heavy atom. The van der Waals surface area contributed by atoms with Crippen LogP contribution in [0.4, 0.5) is 0 Å². The minimum absolute atomic E-state index is 0.215. The molecule has 4 heteroatoms. The smallest absolute Gasteiger partial charge is 0.133 e. The maximum Gasteiger partial charge on any atom is 0.133 e. The third kappa shape index (κ3) is 4.44. The summed E-state index contributed by atoms with van der Waals surface area (Å²) in [5.41, 5.74) is 1.03. The standard InChI is InChI=1S/C12H15ClN2S/c1-3-8-16-9-7-14-10(2)11-5-4-6-15-12(11)13/h1,4-6,10,14H,7-9H2,2H3. The predicted molar refractivity (Wildman–Crippen MR) is 71.8 cm³/mol. The van der Waals surface area contributed by atoms with Gasteiger partial charge in [-0.15, -0.1) is 18.2 Å². The molecule has 0 aromatic carbocycles. The molecule has 1 rings (SSSR count). The van der Waals surface area contributed by atoms with E-state index in [9.17, 15) is 0 Å². The Labute approximate surface area is 106 Å². The van der Waals surface area contributed by atoms with Gasteiger partial charge < -0.3 is 5.32 Å². The van der Waals surface area contributed by atoms with E-state index < -0.39 is 0 Å². The van der Waals surface area contributed by atoms with Gasteiger partial charge >= 0.3 is 0 Å². The number of aromatic nitrogens is 1. The first-order valence-electron chi connectivity index (χ1n) is 5.10. The van der Waals surface area contributed by atoms with Crippen molar-refractivity contribution in [2.75, 3.05) is 18.1 Å². The topological polar surface area (TPSA) is 24.9 Å². The van der Waals surface area contributed by atoms with Crippen LogP contribution in [0.5, 0.6) is 0 Å². The summed E-state index contributed by atoms with van der Waals surface area (Å²) in [6, 6.07) is 4.10. The van der Waals surface area contributed by atoms with E-state index in [0.29, 0.717) is 5.15 Å². The molecule has 0 amide bonds. The van der Waals surface area contributed by atoms with E-state index >= 15 is 0 Å². The summed E-state index contributed by atoms with van der Waals surface area (Å²) in [6.07, 6.45) is 6.86. The maximum absolute atomic E-state index is 6.00. The Morgan fingerprint density at radius 1 is 1.69 bits per heavy atom. The van der Waals surface area contributed by atoms with Crippen LogP contribution >= 0.6 is 23.4 Å². The molecule has 1 atom stereocenters. The normalized spacial score (nSPS) is 12.1. The minimum atomic E-state index is 0.215. The van der Waals surface area contributed by atoms with Crippen LogP contribution in [0.3, 0.4) is 0 Å². The zero-order valence-electron chi connectivity index (χ0n) is 9.24. The average molecular weight is 255 g/mol. The Kier molecular flexibility index (Phi) is 6.32. The molecule has 16 heavy (non-hydrogen) atoms. The Hall–Kier alpha value is -0.690. The molecular weight excluding hydrogens is 240 g/mol. The third-order valence-corrected chi connectivity index (χ3v) is 3.32. The van der Waals surface area contributed by atoms with Crippen LogP contribution in [0.15, 0.2) is 18.3 Å². The summed E-state index contributed by atoms with van der Waals surface area (Å²) < 4.78 is 0. The summed E-state index contributed by atoms with van der Waals surface area (Å²) in [7, 11) is 0. The number of rotatable bonds is 6. The van der Waals surface area contributed by atoms with Gasteiger partial charge in [0.15, 0.2) is 0 Å². The average Bonchev–Trinajstić information content (AvgIpc) is 2.29. The fraction of sp³-hybridized carbons (Fsp3) is 0.417. The quantitative estimate of drug-likeness (QED) is 0.480. The number of terminal acetylenes is 1. The molecule has 0 saturated carbocycles. The summed E-state index contributed by atoms with van der Waals surface area (Å²) in [5, 5.41) is 3.95. The van der Waals surface area contributed by atoms with Crippen molar-refractivity contribution in [1.29, 1.82) is 0 Å². The van der Waals surface area contributed by atoms with Crippen molar-refractivity contribution in [2.24, 2.45) is 0 Å². The second-order valence-corrected chi connectivity index (χ2v) is 4.78. The van der Waals surface area contributed by atoms with Gasteiger partial charge in [0, 0.05) is 30.1 Å². The van der Waals surface area contributed by atoms with Crippen LogP contribution in [0.1, 0.15) is 18.5 Å². The van der Waals surface area contributed by atoms with Crippen LogP contribution in [-0.4, -0.2) is 23.0 Å². The lowest BCUT2D eigenvalue weighted by Crippen LogP contribution is -2.21. The van der Waals surface area contributed by atoms with Gasteiger partial charge in [-0.2, -0.15) is 0 Å². The van der Waals surface area contributed by atoms with Crippen molar-refractivity contribution in [1.82, 2.24) is 10.3 Å². The van der Waals surface area contributed by atoms with Crippen LogP contribution in [-0.2, 0) is 0 Å². The molecule has 1 unspecified atom stereocenters. The predicted octanol–water partition coefficient (Wildman–Crippen LogP) is 2.75. The molecule has 0 saturated heterocycles. The number of nitrogens with zero attached hydrogens (tertiary/aromatic N) is 1. The van der Waals surface area contributed by atoms with E-state index in [4.69, 9.17) is 18.0 Å². The number of hydrogen-bond donors (Lipinski definition) is 1. The zero-order valence-corrected chi connectivity index (χ0v) is 10.8. The van der Waals surface area contributed by atoms with Gasteiger partial charge in [-0.25, -0.2) is 4.98 Å². The minimum Gasteiger partial charge on any atom is -0.309 e. The molecule has 0 aliphatic carbocycles. The van der Waals surface area contributed by atoms with Crippen molar-refractivity contribution >= 4 is 23.4 Å². The lowest BCUT2D eigenvalue weighted by Gasteiger charge is -2.14. The highest BCUT2D eigenvalue weighted by molar-refractivity contribution is 7.99. The molecule has 0 aliphatic heterocycles. The van der Waals surface area contributed by atoms with E-state index in [1.165, 1.54) is 0 Å². The SMILES string of the molecule is C#CCSCCNC(C)c1cccnc1Cl. The second kappa shape index (κ2) is 7.56. The van der Waals surface area contributed by atoms with E-state index in [1.807, 2.05) is 12.1 Å². The van der Waals surface area contributed by atoms with Gasteiger partial charge in [-0.05, 0) is 13.0 Å². The molecule has 0 fully saturated rings. The number of pyridine rings is 1. The van der Waals surface area contributed by atoms with Crippen LogP contribution in [0.25, 0.3) is 0 Å². The molecule has 2 nitrogen and oxygen atoms in total. The summed E-state index contributed by atoms with van der Waals surface area (Å²) in [5.74, 6) is 4.37. The lowest BCUT2D eigenvalue weighted by atomic mass is 10.1. The third-order valence-electron chi connectivity index (χ3n) is 2.14. The maximum atomic E-state index is 6.00. The highest BCUT2D eigenvalue weighted by Crippen LogP contribution is 2.19. The monoisotopic (exact) mass is 254 g/mol. The molecule has 1 N–H and O–H groups in total. The largest absolute Gasteiger partial charge is 0.309 e. The van der Waals surface area contributed by atoms with Gasteiger partial charge in [-0.1, -0.05) is 23.6 Å². The van der Waals surface area contributed by atoms with Crippen LogP contribution in [0.2, 0.25) is 5.15 Å². The molecule has 1 heterocycles. The van der Waals surface area contributed by atoms with Gasteiger partial charge in [0.25, 0.3) is 0 Å². The van der Waals surface area contributed by atoms with E-state index in [-0.39, 0.29) is 6.04 Å². The first-order valence-corrected chi connectivity index (χ1v) is 6.64. The molecule has 0 bridgehead atoms. The Morgan fingerprint density at radius 3 is 3.19 bits per heavy atom. The lowest BCUT2D eigenvalue weighted by molar-refractivity contribution is 0.599. The highest BCUT2D eigenvalue weighted by Gasteiger charge is 2.08. The number of nitrogens with one attached hydrogen (secondary N) is 1. The molecule has 0 aliphatic rings. The second-order valence-electron chi connectivity index (χ2n) is 3.32. The van der Waals surface area contributed by atoms with Gasteiger partial charge in [0.1, 0.15) is 5.15 Å². The summed E-state index contributed by atoms with van der Waals surface area (Å²) >= 11 is 7.75. The molecule has 86 valence electrons. The Bertz CT molecular complexity index is 362. The fourth-order valence-electron chi connectivity index (χ4n) is 1.31. The van der Waals surface area contributed by atoms with E-state index in [0.717, 1.165) is 23.6 Å². The van der Waals surface area contributed by atoms with Crippen LogP contribution in [0, 0.1) is 12.3 Å². The molecular formula is C12H15ClN2S. The number of halogens is 1. The number of hydrogen-bond acceptors (Lipinski definition) is 3. The van der Waals surface area contributed by atoms with E-state index in [2.05, 4.69) is 23.1 Å². The van der Waals surface area contributed by atoms with E-state index in [1.54, 1.807) is 18.0 Å².